The minimum absolute atomic E-state index is 0.136. The zero-order chi connectivity index (χ0) is 12.7. The molecule has 0 aliphatic carbocycles. The molecule has 1 aliphatic rings. The van der Waals surface area contributed by atoms with Crippen LogP contribution in [-0.4, -0.2) is 18.1 Å². The Bertz CT molecular complexity index is 604. The van der Waals surface area contributed by atoms with Gasteiger partial charge in [0.25, 0.3) is 0 Å². The predicted octanol–water partition coefficient (Wildman–Crippen LogP) is 3.42. The van der Waals surface area contributed by atoms with Gasteiger partial charge in [0, 0.05) is 29.9 Å². The van der Waals surface area contributed by atoms with Crippen LogP contribution in [-0.2, 0) is 0 Å². The number of benzene rings is 1. The summed E-state index contributed by atoms with van der Waals surface area (Å²) in [5.74, 6) is -1.69. The lowest BCUT2D eigenvalue weighted by Crippen LogP contribution is -2.18. The number of aryl methyl sites for hydroxylation is 1. The highest BCUT2D eigenvalue weighted by Gasteiger charge is 2.18. The van der Waals surface area contributed by atoms with Gasteiger partial charge in [0.15, 0.2) is 11.6 Å². The Kier molecular flexibility index (Phi) is 2.65. The minimum atomic E-state index is -0.850. The fourth-order valence-electron chi connectivity index (χ4n) is 2.56. The first kappa shape index (κ1) is 11.4. The first-order valence-electron chi connectivity index (χ1n) is 6.17. The first-order valence-corrected chi connectivity index (χ1v) is 6.17. The zero-order valence-electron chi connectivity index (χ0n) is 10.2. The number of aromatic nitrogens is 1. The topological polar surface area (TPSA) is 16.1 Å². The third-order valence-electron chi connectivity index (χ3n) is 3.43. The van der Waals surface area contributed by atoms with E-state index in [1.54, 1.807) is 6.07 Å². The molecule has 0 unspecified atom stereocenters. The zero-order valence-corrected chi connectivity index (χ0v) is 10.2. The lowest BCUT2D eigenvalue weighted by atomic mass is 10.1. The monoisotopic (exact) mass is 248 g/mol. The summed E-state index contributed by atoms with van der Waals surface area (Å²) in [5, 5.41) is 0.696. The van der Waals surface area contributed by atoms with Crippen molar-refractivity contribution in [1.29, 1.82) is 0 Å². The smallest absolute Gasteiger partial charge is 0.185 e. The Morgan fingerprint density at radius 3 is 2.61 bits per heavy atom. The molecule has 0 atom stereocenters. The molecule has 1 fully saturated rings. The van der Waals surface area contributed by atoms with Gasteiger partial charge in [-0.15, -0.1) is 0 Å². The average molecular weight is 248 g/mol. The van der Waals surface area contributed by atoms with E-state index in [0.717, 1.165) is 31.6 Å². The van der Waals surface area contributed by atoms with Crippen LogP contribution >= 0.6 is 0 Å². The second kappa shape index (κ2) is 4.19. The van der Waals surface area contributed by atoms with Crippen molar-refractivity contribution in [3.63, 3.8) is 0 Å². The van der Waals surface area contributed by atoms with Crippen LogP contribution in [0, 0.1) is 18.6 Å². The van der Waals surface area contributed by atoms with Crippen LogP contribution in [0.4, 0.5) is 14.5 Å². The molecule has 1 aromatic carbocycles. The first-order chi connectivity index (χ1) is 8.66. The number of pyridine rings is 1. The summed E-state index contributed by atoms with van der Waals surface area (Å²) in [5.41, 5.74) is 1.82. The molecule has 4 heteroatoms. The molecule has 1 aromatic heterocycles. The van der Waals surface area contributed by atoms with Crippen molar-refractivity contribution in [1.82, 2.24) is 4.98 Å². The average Bonchev–Trinajstić information content (AvgIpc) is 2.87. The maximum absolute atomic E-state index is 13.8. The standard InChI is InChI=1S/C14H14F2N2/c1-9-8-12(18-6-2-3-7-18)10-4-5-11(15)13(16)14(10)17-9/h4-5,8H,2-3,6-7H2,1H3. The van der Waals surface area contributed by atoms with Gasteiger partial charge in [-0.2, -0.15) is 0 Å². The Balaban J connectivity index is 2.27. The molecular weight excluding hydrogens is 234 g/mol. The number of anilines is 1. The van der Waals surface area contributed by atoms with E-state index in [-0.39, 0.29) is 5.52 Å². The van der Waals surface area contributed by atoms with Crippen molar-refractivity contribution in [3.05, 3.63) is 35.5 Å². The van der Waals surface area contributed by atoms with Gasteiger partial charge in [-0.05, 0) is 38.0 Å². The summed E-state index contributed by atoms with van der Waals surface area (Å²) in [4.78, 5) is 6.34. The van der Waals surface area contributed by atoms with Gasteiger partial charge in [-0.25, -0.2) is 13.8 Å². The Morgan fingerprint density at radius 2 is 1.89 bits per heavy atom. The molecule has 94 valence electrons. The fourth-order valence-corrected chi connectivity index (χ4v) is 2.56. The van der Waals surface area contributed by atoms with Crippen LogP contribution in [0.15, 0.2) is 18.2 Å². The summed E-state index contributed by atoms with van der Waals surface area (Å²) in [6, 6.07) is 4.74. The molecule has 0 amide bonds. The number of hydrogen-bond donors (Lipinski definition) is 0. The molecule has 2 nitrogen and oxygen atoms in total. The number of hydrogen-bond acceptors (Lipinski definition) is 2. The number of halogens is 2. The van der Waals surface area contributed by atoms with Crippen LogP contribution in [0.5, 0.6) is 0 Å². The lowest BCUT2D eigenvalue weighted by molar-refractivity contribution is 0.515. The van der Waals surface area contributed by atoms with Crippen molar-refractivity contribution in [2.75, 3.05) is 18.0 Å². The maximum Gasteiger partial charge on any atom is 0.185 e. The number of fused-ring (bicyclic) bond motifs is 1. The number of nitrogens with zero attached hydrogens (tertiary/aromatic N) is 2. The predicted molar refractivity (Wildman–Crippen MR) is 67.8 cm³/mol. The van der Waals surface area contributed by atoms with Gasteiger partial charge < -0.3 is 4.90 Å². The lowest BCUT2D eigenvalue weighted by Gasteiger charge is -2.20. The van der Waals surface area contributed by atoms with Gasteiger partial charge in [-0.1, -0.05) is 0 Å². The third kappa shape index (κ3) is 1.72. The molecular formula is C14H14F2N2. The van der Waals surface area contributed by atoms with Crippen molar-refractivity contribution < 1.29 is 8.78 Å². The van der Waals surface area contributed by atoms with Crippen molar-refractivity contribution >= 4 is 16.6 Å². The van der Waals surface area contributed by atoms with Gasteiger partial charge in [0.05, 0.1) is 0 Å². The van der Waals surface area contributed by atoms with Crippen molar-refractivity contribution in [2.24, 2.45) is 0 Å². The second-order valence-electron chi connectivity index (χ2n) is 4.73. The van der Waals surface area contributed by atoms with E-state index < -0.39 is 11.6 Å². The molecule has 2 aromatic rings. The molecule has 3 rings (SSSR count). The van der Waals surface area contributed by atoms with E-state index >= 15 is 0 Å². The van der Waals surface area contributed by atoms with Gasteiger partial charge in [0.1, 0.15) is 5.52 Å². The van der Waals surface area contributed by atoms with Crippen LogP contribution < -0.4 is 4.90 Å². The molecule has 0 bridgehead atoms. The van der Waals surface area contributed by atoms with E-state index in [4.69, 9.17) is 0 Å². The van der Waals surface area contributed by atoms with Gasteiger partial charge >= 0.3 is 0 Å². The molecule has 1 aliphatic heterocycles. The van der Waals surface area contributed by atoms with E-state index in [9.17, 15) is 8.78 Å². The summed E-state index contributed by atoms with van der Waals surface area (Å²) in [6.45, 7) is 3.75. The number of rotatable bonds is 1. The highest BCUT2D eigenvalue weighted by Crippen LogP contribution is 2.31. The molecule has 2 heterocycles. The summed E-state index contributed by atoms with van der Waals surface area (Å²) < 4.78 is 27.0. The van der Waals surface area contributed by atoms with E-state index in [1.165, 1.54) is 6.07 Å². The Labute approximate surface area is 104 Å². The Hall–Kier alpha value is -1.71. The summed E-state index contributed by atoms with van der Waals surface area (Å²) >= 11 is 0. The van der Waals surface area contributed by atoms with E-state index in [1.807, 2.05) is 13.0 Å². The summed E-state index contributed by atoms with van der Waals surface area (Å²) in [6.07, 6.45) is 2.29. The van der Waals surface area contributed by atoms with Crippen molar-refractivity contribution in [3.8, 4) is 0 Å². The second-order valence-corrected chi connectivity index (χ2v) is 4.73. The summed E-state index contributed by atoms with van der Waals surface area (Å²) in [7, 11) is 0. The van der Waals surface area contributed by atoms with E-state index in [0.29, 0.717) is 11.1 Å². The fraction of sp³-hybridized carbons (Fsp3) is 0.357. The molecule has 0 N–H and O–H groups in total. The molecule has 18 heavy (non-hydrogen) atoms. The van der Waals surface area contributed by atoms with Crippen molar-refractivity contribution in [2.45, 2.75) is 19.8 Å². The molecule has 0 saturated carbocycles. The normalized spacial score (nSPS) is 15.6. The molecule has 0 spiro atoms. The van der Waals surface area contributed by atoms with Crippen LogP contribution in [0.2, 0.25) is 0 Å². The SMILES string of the molecule is Cc1cc(N2CCCC2)c2ccc(F)c(F)c2n1. The maximum atomic E-state index is 13.8. The Morgan fingerprint density at radius 1 is 1.17 bits per heavy atom. The third-order valence-corrected chi connectivity index (χ3v) is 3.43. The van der Waals surface area contributed by atoms with Crippen LogP contribution in [0.3, 0.4) is 0 Å². The van der Waals surface area contributed by atoms with Crippen LogP contribution in [0.25, 0.3) is 10.9 Å². The highest BCUT2D eigenvalue weighted by atomic mass is 19.2. The van der Waals surface area contributed by atoms with Gasteiger partial charge in [-0.3, -0.25) is 0 Å². The largest absolute Gasteiger partial charge is 0.371 e. The van der Waals surface area contributed by atoms with E-state index in [2.05, 4.69) is 9.88 Å². The van der Waals surface area contributed by atoms with Gasteiger partial charge in [0.2, 0.25) is 0 Å². The minimum Gasteiger partial charge on any atom is -0.371 e. The molecule has 0 radical (unpaired) electrons. The van der Waals surface area contributed by atoms with Crippen LogP contribution in [0.1, 0.15) is 18.5 Å². The quantitative estimate of drug-likeness (QED) is 0.768. The highest BCUT2D eigenvalue weighted by molar-refractivity contribution is 5.92. The molecule has 1 saturated heterocycles.